The van der Waals surface area contributed by atoms with Crippen LogP contribution in [-0.2, 0) is 6.61 Å². The van der Waals surface area contributed by atoms with Crippen molar-refractivity contribution in [3.8, 4) is 5.75 Å². The molecule has 1 aromatic heterocycles. The minimum Gasteiger partial charge on any atom is -0.487 e. The van der Waals surface area contributed by atoms with E-state index in [0.29, 0.717) is 6.61 Å². The molecule has 3 heteroatoms. The minimum atomic E-state index is -0.455. The van der Waals surface area contributed by atoms with E-state index in [9.17, 15) is 5.11 Å². The summed E-state index contributed by atoms with van der Waals surface area (Å²) in [6.45, 7) is 4.69. The second kappa shape index (κ2) is 8.81. The first kappa shape index (κ1) is 18.4. The normalized spacial score (nSPS) is 13.5. The summed E-state index contributed by atoms with van der Waals surface area (Å²) < 4.78 is 5.92. The number of pyridine rings is 1. The Kier molecular flexibility index (Phi) is 6.24. The lowest BCUT2D eigenvalue weighted by molar-refractivity contribution is 0.111. The van der Waals surface area contributed by atoms with E-state index in [0.717, 1.165) is 47.2 Å². The molecule has 1 heterocycles. The van der Waals surface area contributed by atoms with Gasteiger partial charge in [0.1, 0.15) is 12.4 Å². The molecule has 136 valence electrons. The van der Waals surface area contributed by atoms with E-state index in [1.54, 1.807) is 0 Å². The molecule has 0 fully saturated rings. The number of aromatic nitrogens is 1. The van der Waals surface area contributed by atoms with Crippen molar-refractivity contribution in [2.24, 2.45) is 5.92 Å². The van der Waals surface area contributed by atoms with Crippen molar-refractivity contribution in [3.05, 3.63) is 71.9 Å². The molecule has 3 aromatic rings. The Labute approximate surface area is 155 Å². The molecule has 0 aliphatic carbocycles. The number of nitrogens with zero attached hydrogens (tertiary/aromatic N) is 1. The molecule has 2 aromatic carbocycles. The fourth-order valence-corrected chi connectivity index (χ4v) is 3.15. The zero-order chi connectivity index (χ0) is 18.4. The number of unbranched alkanes of at least 4 members (excludes halogenated alkanes) is 1. The van der Waals surface area contributed by atoms with Gasteiger partial charge in [0.25, 0.3) is 0 Å². The highest BCUT2D eigenvalue weighted by molar-refractivity contribution is 5.78. The molecule has 0 spiro atoms. The first-order valence-electron chi connectivity index (χ1n) is 9.43. The van der Waals surface area contributed by atoms with Crippen molar-refractivity contribution in [2.75, 3.05) is 0 Å². The molecule has 3 rings (SSSR count). The van der Waals surface area contributed by atoms with Gasteiger partial charge in [-0.25, -0.2) is 4.98 Å². The summed E-state index contributed by atoms with van der Waals surface area (Å²) in [6, 6.07) is 19.9. The van der Waals surface area contributed by atoms with Gasteiger partial charge in [0.05, 0.1) is 17.3 Å². The molecule has 0 bridgehead atoms. The second-order valence-corrected chi connectivity index (χ2v) is 6.92. The van der Waals surface area contributed by atoms with Crippen LogP contribution in [0.3, 0.4) is 0 Å². The van der Waals surface area contributed by atoms with E-state index >= 15 is 0 Å². The summed E-state index contributed by atoms with van der Waals surface area (Å²) in [5, 5.41) is 11.7. The lowest BCUT2D eigenvalue weighted by Gasteiger charge is -2.19. The van der Waals surface area contributed by atoms with Crippen molar-refractivity contribution < 1.29 is 9.84 Å². The van der Waals surface area contributed by atoms with Crippen LogP contribution in [0.4, 0.5) is 0 Å². The maximum atomic E-state index is 10.6. The van der Waals surface area contributed by atoms with Crippen LogP contribution >= 0.6 is 0 Å². The van der Waals surface area contributed by atoms with Gasteiger partial charge in [-0.05, 0) is 42.2 Å². The van der Waals surface area contributed by atoms with Crippen LogP contribution in [0.5, 0.6) is 5.75 Å². The van der Waals surface area contributed by atoms with Crippen LogP contribution in [0.1, 0.15) is 50.5 Å². The maximum Gasteiger partial charge on any atom is 0.130 e. The smallest absolute Gasteiger partial charge is 0.130 e. The van der Waals surface area contributed by atoms with E-state index in [1.807, 2.05) is 48.5 Å². The summed E-state index contributed by atoms with van der Waals surface area (Å²) >= 11 is 0. The third kappa shape index (κ3) is 4.61. The first-order valence-corrected chi connectivity index (χ1v) is 9.43. The van der Waals surface area contributed by atoms with Gasteiger partial charge in [-0.1, -0.05) is 63.1 Å². The Morgan fingerprint density at radius 2 is 1.88 bits per heavy atom. The van der Waals surface area contributed by atoms with Crippen molar-refractivity contribution in [1.29, 1.82) is 0 Å². The van der Waals surface area contributed by atoms with E-state index < -0.39 is 6.10 Å². The van der Waals surface area contributed by atoms with Gasteiger partial charge < -0.3 is 9.84 Å². The van der Waals surface area contributed by atoms with Gasteiger partial charge in [0.2, 0.25) is 0 Å². The molecule has 0 amide bonds. The highest BCUT2D eigenvalue weighted by atomic mass is 16.5. The Bertz CT molecular complexity index is 846. The maximum absolute atomic E-state index is 10.6. The molecule has 1 N–H and O–H groups in total. The highest BCUT2D eigenvalue weighted by Crippen LogP contribution is 2.28. The molecule has 3 nitrogen and oxygen atoms in total. The van der Waals surface area contributed by atoms with Crippen molar-refractivity contribution in [2.45, 2.75) is 45.8 Å². The molecule has 2 atom stereocenters. The fraction of sp³-hybridized carbons (Fsp3) is 0.348. The molecule has 0 radical (unpaired) electrons. The fourth-order valence-electron chi connectivity index (χ4n) is 3.15. The number of hydrogen-bond acceptors (Lipinski definition) is 3. The number of benzene rings is 2. The minimum absolute atomic E-state index is 0.243. The number of para-hydroxylation sites is 1. The number of ether oxygens (including phenoxy) is 1. The first-order chi connectivity index (χ1) is 12.7. The predicted molar refractivity (Wildman–Crippen MR) is 106 cm³/mol. The van der Waals surface area contributed by atoms with Gasteiger partial charge in [-0.3, -0.25) is 0 Å². The lowest BCUT2D eigenvalue weighted by atomic mass is 9.93. The number of aliphatic hydroxyl groups is 1. The Morgan fingerprint density at radius 1 is 1.04 bits per heavy atom. The second-order valence-electron chi connectivity index (χ2n) is 6.92. The predicted octanol–water partition coefficient (Wildman–Crippen LogP) is 5.67. The Balaban J connectivity index is 1.66. The van der Waals surface area contributed by atoms with E-state index in [-0.39, 0.29) is 5.92 Å². The third-order valence-electron chi connectivity index (χ3n) is 4.79. The van der Waals surface area contributed by atoms with Crippen LogP contribution in [0.25, 0.3) is 10.9 Å². The summed E-state index contributed by atoms with van der Waals surface area (Å²) in [5.74, 6) is 1.01. The van der Waals surface area contributed by atoms with Gasteiger partial charge in [0.15, 0.2) is 0 Å². The quantitative estimate of drug-likeness (QED) is 0.569. The lowest BCUT2D eigenvalue weighted by Crippen LogP contribution is -2.09. The monoisotopic (exact) mass is 349 g/mol. The molecular formula is C23H27NO2. The Morgan fingerprint density at radius 3 is 2.73 bits per heavy atom. The molecule has 26 heavy (non-hydrogen) atoms. The zero-order valence-corrected chi connectivity index (χ0v) is 15.6. The molecule has 0 saturated heterocycles. The van der Waals surface area contributed by atoms with Crippen molar-refractivity contribution in [3.63, 3.8) is 0 Å². The largest absolute Gasteiger partial charge is 0.487 e. The van der Waals surface area contributed by atoms with Crippen molar-refractivity contribution in [1.82, 2.24) is 4.98 Å². The van der Waals surface area contributed by atoms with Gasteiger partial charge in [-0.15, -0.1) is 0 Å². The molecule has 0 aliphatic heterocycles. The van der Waals surface area contributed by atoms with Gasteiger partial charge >= 0.3 is 0 Å². The zero-order valence-electron chi connectivity index (χ0n) is 15.6. The van der Waals surface area contributed by atoms with Crippen LogP contribution < -0.4 is 4.74 Å². The number of rotatable bonds is 8. The summed E-state index contributed by atoms with van der Waals surface area (Å²) in [7, 11) is 0. The average Bonchev–Trinajstić information content (AvgIpc) is 2.70. The van der Waals surface area contributed by atoms with Crippen LogP contribution in [0.2, 0.25) is 0 Å². The van der Waals surface area contributed by atoms with Gasteiger partial charge in [0, 0.05) is 5.39 Å². The van der Waals surface area contributed by atoms with E-state index in [4.69, 9.17) is 4.74 Å². The van der Waals surface area contributed by atoms with Gasteiger partial charge in [-0.2, -0.15) is 0 Å². The number of fused-ring (bicyclic) bond motifs is 1. The van der Waals surface area contributed by atoms with E-state index in [1.165, 1.54) is 0 Å². The topological polar surface area (TPSA) is 42.4 Å². The van der Waals surface area contributed by atoms with Crippen LogP contribution in [0.15, 0.2) is 60.7 Å². The molecular weight excluding hydrogens is 322 g/mol. The number of aliphatic hydroxyl groups excluding tert-OH is 1. The molecule has 0 saturated carbocycles. The standard InChI is InChI=1S/C23H27NO2/c1-3-4-8-17(2)23(25)19-10-7-11-21(15-19)26-16-20-14-13-18-9-5-6-12-22(18)24-20/h5-7,9-15,17,23,25H,3-4,8,16H2,1-2H3. The summed E-state index contributed by atoms with van der Waals surface area (Å²) in [5.41, 5.74) is 2.78. The summed E-state index contributed by atoms with van der Waals surface area (Å²) in [6.07, 6.45) is 2.87. The average molecular weight is 349 g/mol. The van der Waals surface area contributed by atoms with Crippen molar-refractivity contribution >= 4 is 10.9 Å². The SMILES string of the molecule is CCCCC(C)C(O)c1cccc(OCc2ccc3ccccc3n2)c1. The molecule has 2 unspecified atom stereocenters. The molecule has 0 aliphatic rings. The van der Waals surface area contributed by atoms with E-state index in [2.05, 4.69) is 31.0 Å². The third-order valence-corrected chi connectivity index (χ3v) is 4.79. The summed E-state index contributed by atoms with van der Waals surface area (Å²) in [4.78, 5) is 4.64. The Hall–Kier alpha value is -2.39. The van der Waals surface area contributed by atoms with Crippen LogP contribution in [0, 0.1) is 5.92 Å². The highest BCUT2D eigenvalue weighted by Gasteiger charge is 2.16. The number of hydrogen-bond donors (Lipinski definition) is 1. The van der Waals surface area contributed by atoms with Crippen LogP contribution in [-0.4, -0.2) is 10.1 Å².